The zero-order chi connectivity index (χ0) is 23.2. The van der Waals surface area contributed by atoms with Gasteiger partial charge in [0.2, 0.25) is 0 Å². The largest absolute Gasteiger partial charge is 0.322 e. The second kappa shape index (κ2) is 10.1. The average Bonchev–Trinajstić information content (AvgIpc) is 2.85. The summed E-state index contributed by atoms with van der Waals surface area (Å²) in [6.07, 6.45) is 1.63. The van der Waals surface area contributed by atoms with Gasteiger partial charge in [-0.3, -0.25) is 19.0 Å². The third kappa shape index (κ3) is 5.10. The Kier molecular flexibility index (Phi) is 6.80. The van der Waals surface area contributed by atoms with Crippen LogP contribution in [-0.4, -0.2) is 27.0 Å². The Bertz CT molecular complexity index is 1380. The molecule has 7 heteroatoms. The lowest BCUT2D eigenvalue weighted by atomic mass is 10.1. The molecule has 164 valence electrons. The Morgan fingerprint density at radius 2 is 1.64 bits per heavy atom. The van der Waals surface area contributed by atoms with Gasteiger partial charge in [0, 0.05) is 23.4 Å². The molecule has 4 aromatic rings. The van der Waals surface area contributed by atoms with Gasteiger partial charge in [-0.25, -0.2) is 4.98 Å². The quantitative estimate of drug-likeness (QED) is 0.178. The van der Waals surface area contributed by atoms with Crippen LogP contribution in [0, 0.1) is 0 Å². The van der Waals surface area contributed by atoms with Crippen LogP contribution in [0.1, 0.15) is 20.7 Å². The highest BCUT2D eigenvalue weighted by atomic mass is 32.2. The van der Waals surface area contributed by atoms with Gasteiger partial charge in [-0.15, -0.1) is 6.58 Å². The van der Waals surface area contributed by atoms with Crippen LogP contribution in [0.3, 0.4) is 0 Å². The maximum absolute atomic E-state index is 12.8. The van der Waals surface area contributed by atoms with Crippen LogP contribution >= 0.6 is 11.8 Å². The number of benzene rings is 3. The van der Waals surface area contributed by atoms with E-state index in [0.29, 0.717) is 39.4 Å². The highest BCUT2D eigenvalue weighted by molar-refractivity contribution is 7.99. The van der Waals surface area contributed by atoms with Gasteiger partial charge in [0.05, 0.1) is 16.7 Å². The second-order valence-electron chi connectivity index (χ2n) is 7.23. The number of nitrogens with zero attached hydrogens (tertiary/aromatic N) is 2. The molecule has 1 amide bonds. The van der Waals surface area contributed by atoms with Gasteiger partial charge in [-0.05, 0) is 48.5 Å². The van der Waals surface area contributed by atoms with Gasteiger partial charge >= 0.3 is 0 Å². The Morgan fingerprint density at radius 3 is 2.36 bits per heavy atom. The highest BCUT2D eigenvalue weighted by Crippen LogP contribution is 2.20. The van der Waals surface area contributed by atoms with E-state index in [1.54, 1.807) is 72.8 Å². The lowest BCUT2D eigenvalue weighted by molar-refractivity contribution is 0.101. The van der Waals surface area contributed by atoms with Crippen LogP contribution in [0.15, 0.2) is 101 Å². The van der Waals surface area contributed by atoms with Crippen LogP contribution in [0.25, 0.3) is 10.9 Å². The summed E-state index contributed by atoms with van der Waals surface area (Å²) < 4.78 is 1.52. The Balaban J connectivity index is 1.46. The minimum atomic E-state index is -0.215. The molecular formula is C26H21N3O3S. The summed E-state index contributed by atoms with van der Waals surface area (Å²) >= 11 is 1.22. The molecule has 0 fully saturated rings. The van der Waals surface area contributed by atoms with E-state index in [0.717, 1.165) is 0 Å². The number of carbonyl (C=O) groups is 2. The summed E-state index contributed by atoms with van der Waals surface area (Å²) in [6.45, 7) is 4.02. The molecule has 3 aromatic carbocycles. The minimum absolute atomic E-state index is 0.103. The predicted octanol–water partition coefficient (Wildman–Crippen LogP) is 4.81. The maximum atomic E-state index is 12.8. The zero-order valence-corrected chi connectivity index (χ0v) is 18.5. The molecule has 0 aliphatic carbocycles. The molecule has 1 N–H and O–H groups in total. The number of anilines is 1. The summed E-state index contributed by atoms with van der Waals surface area (Å²) in [4.78, 5) is 42.4. The fraction of sp³-hybridized carbons (Fsp3) is 0.0769. The molecule has 6 nitrogen and oxygen atoms in total. The fourth-order valence-corrected chi connectivity index (χ4v) is 4.20. The van der Waals surface area contributed by atoms with Crippen molar-refractivity contribution in [3.05, 3.63) is 113 Å². The molecule has 0 saturated heterocycles. The number of hydrogen-bond acceptors (Lipinski definition) is 5. The van der Waals surface area contributed by atoms with E-state index in [1.165, 1.54) is 16.3 Å². The van der Waals surface area contributed by atoms with Crippen molar-refractivity contribution in [2.45, 2.75) is 11.7 Å². The van der Waals surface area contributed by atoms with Crippen molar-refractivity contribution in [2.75, 3.05) is 11.1 Å². The van der Waals surface area contributed by atoms with E-state index >= 15 is 0 Å². The van der Waals surface area contributed by atoms with Crippen molar-refractivity contribution in [3.63, 3.8) is 0 Å². The first kappa shape index (κ1) is 22.2. The molecule has 0 radical (unpaired) electrons. The Labute approximate surface area is 195 Å². The monoisotopic (exact) mass is 455 g/mol. The van der Waals surface area contributed by atoms with E-state index in [4.69, 9.17) is 0 Å². The predicted molar refractivity (Wildman–Crippen MR) is 132 cm³/mol. The lowest BCUT2D eigenvalue weighted by Crippen LogP contribution is -2.23. The number of aromatic nitrogens is 2. The summed E-state index contributed by atoms with van der Waals surface area (Å²) in [5.74, 6) is -0.196. The van der Waals surface area contributed by atoms with Crippen molar-refractivity contribution in [3.8, 4) is 0 Å². The van der Waals surface area contributed by atoms with Crippen molar-refractivity contribution < 1.29 is 9.59 Å². The van der Waals surface area contributed by atoms with Crippen LogP contribution < -0.4 is 10.9 Å². The van der Waals surface area contributed by atoms with Gasteiger partial charge in [0.1, 0.15) is 0 Å². The number of ketones is 1. The molecule has 0 unspecified atom stereocenters. The first-order valence-corrected chi connectivity index (χ1v) is 11.3. The van der Waals surface area contributed by atoms with Crippen molar-refractivity contribution in [1.29, 1.82) is 0 Å². The van der Waals surface area contributed by atoms with Crippen molar-refractivity contribution in [2.24, 2.45) is 0 Å². The fourth-order valence-electron chi connectivity index (χ4n) is 3.29. The summed E-state index contributed by atoms with van der Waals surface area (Å²) in [7, 11) is 0. The molecular weight excluding hydrogens is 434 g/mol. The third-order valence-corrected chi connectivity index (χ3v) is 5.95. The molecule has 1 aromatic heterocycles. The number of para-hydroxylation sites is 1. The SMILES string of the molecule is C=CCn1c(SCC(=O)c2ccc(NC(=O)c3ccccc3)cc2)nc2ccccc2c1=O. The Hall–Kier alpha value is -3.97. The number of amides is 1. The maximum Gasteiger partial charge on any atom is 0.262 e. The number of hydrogen-bond donors (Lipinski definition) is 1. The van der Waals surface area contributed by atoms with Gasteiger partial charge in [-0.2, -0.15) is 0 Å². The average molecular weight is 456 g/mol. The number of nitrogens with one attached hydrogen (secondary N) is 1. The van der Waals surface area contributed by atoms with E-state index in [1.807, 2.05) is 12.1 Å². The first-order chi connectivity index (χ1) is 16.1. The standard InChI is InChI=1S/C26H21N3O3S/c1-2-16-29-25(32)21-10-6-7-11-22(21)28-26(29)33-17-23(30)18-12-14-20(15-13-18)27-24(31)19-8-4-3-5-9-19/h2-15H,1,16-17H2,(H,27,31). The minimum Gasteiger partial charge on any atom is -0.322 e. The summed E-state index contributed by atoms with van der Waals surface area (Å²) in [5, 5.41) is 3.82. The summed E-state index contributed by atoms with van der Waals surface area (Å²) in [6, 6.07) is 22.8. The molecule has 1 heterocycles. The molecule has 4 rings (SSSR count). The normalized spacial score (nSPS) is 10.7. The number of rotatable bonds is 8. The van der Waals surface area contributed by atoms with E-state index in [2.05, 4.69) is 16.9 Å². The summed E-state index contributed by atoms with van der Waals surface area (Å²) in [5.41, 5.74) is 2.11. The molecule has 0 spiro atoms. The van der Waals surface area contributed by atoms with E-state index in [9.17, 15) is 14.4 Å². The second-order valence-corrected chi connectivity index (χ2v) is 8.17. The number of allylic oxidation sites excluding steroid dienone is 1. The van der Waals surface area contributed by atoms with Gasteiger partial charge in [0.25, 0.3) is 11.5 Å². The van der Waals surface area contributed by atoms with Crippen LogP contribution in [0.2, 0.25) is 0 Å². The number of carbonyl (C=O) groups excluding carboxylic acids is 2. The highest BCUT2D eigenvalue weighted by Gasteiger charge is 2.14. The number of thioether (sulfide) groups is 1. The van der Waals surface area contributed by atoms with Gasteiger partial charge in [0.15, 0.2) is 10.9 Å². The number of fused-ring (bicyclic) bond motifs is 1. The molecule has 0 atom stereocenters. The molecule has 0 aliphatic rings. The van der Waals surface area contributed by atoms with Crippen LogP contribution in [-0.2, 0) is 6.54 Å². The third-order valence-electron chi connectivity index (χ3n) is 4.97. The topological polar surface area (TPSA) is 81.1 Å². The Morgan fingerprint density at radius 1 is 0.939 bits per heavy atom. The molecule has 0 bridgehead atoms. The van der Waals surface area contributed by atoms with Crippen LogP contribution in [0.5, 0.6) is 0 Å². The first-order valence-electron chi connectivity index (χ1n) is 10.3. The molecule has 0 aliphatic heterocycles. The lowest BCUT2D eigenvalue weighted by Gasteiger charge is -2.11. The number of Topliss-reactive ketones (excluding diaryl/α,β-unsaturated/α-hetero) is 1. The van der Waals surface area contributed by atoms with Crippen molar-refractivity contribution in [1.82, 2.24) is 9.55 Å². The van der Waals surface area contributed by atoms with Gasteiger partial charge in [-0.1, -0.05) is 48.2 Å². The zero-order valence-electron chi connectivity index (χ0n) is 17.7. The van der Waals surface area contributed by atoms with E-state index in [-0.39, 0.29) is 23.0 Å². The van der Waals surface area contributed by atoms with Crippen LogP contribution in [0.4, 0.5) is 5.69 Å². The molecule has 33 heavy (non-hydrogen) atoms. The van der Waals surface area contributed by atoms with Gasteiger partial charge < -0.3 is 5.32 Å². The van der Waals surface area contributed by atoms with Crippen molar-refractivity contribution >= 4 is 40.0 Å². The smallest absolute Gasteiger partial charge is 0.262 e. The van der Waals surface area contributed by atoms with E-state index < -0.39 is 0 Å². The molecule has 0 saturated carbocycles.